The lowest BCUT2D eigenvalue weighted by molar-refractivity contribution is 0.669. The van der Waals surface area contributed by atoms with Crippen LogP contribution in [-0.2, 0) is 0 Å². The molecule has 0 saturated carbocycles. The second kappa shape index (κ2) is 23.1. The number of anilines is 6. The molecule has 0 spiro atoms. The Hall–Kier alpha value is -13.4. The summed E-state index contributed by atoms with van der Waals surface area (Å²) in [4.78, 5) is 5.34. The molecule has 0 fully saturated rings. The predicted molar refractivity (Wildman–Crippen MR) is 429 cm³/mol. The summed E-state index contributed by atoms with van der Waals surface area (Å²) in [5.41, 5.74) is 31.7. The molecule has 19 aromatic rings. The Morgan fingerprint density at radius 2 is 0.588 bits per heavy atom. The molecule has 3 aromatic heterocycles. The molecule has 0 saturated heterocycles. The van der Waals surface area contributed by atoms with Crippen LogP contribution in [0.25, 0.3) is 144 Å². The minimum absolute atomic E-state index is 0.383. The first kappa shape index (κ1) is 57.6. The van der Waals surface area contributed by atoms with Crippen LogP contribution in [0.3, 0.4) is 0 Å². The summed E-state index contributed by atoms with van der Waals surface area (Å²) in [7, 11) is 0. The Morgan fingerprint density at radius 1 is 0.225 bits per heavy atom. The van der Waals surface area contributed by atoms with Gasteiger partial charge in [-0.2, -0.15) is 0 Å². The van der Waals surface area contributed by atoms with Crippen molar-refractivity contribution in [2.75, 3.05) is 9.80 Å². The number of aromatic nitrogens is 2. The van der Waals surface area contributed by atoms with Gasteiger partial charge >= 0.3 is 0 Å². The summed E-state index contributed by atoms with van der Waals surface area (Å²) in [5, 5.41) is 6.74. The molecule has 5 heterocycles. The van der Waals surface area contributed by atoms with Crippen molar-refractivity contribution in [2.45, 2.75) is 0 Å². The van der Waals surface area contributed by atoms with Crippen molar-refractivity contribution in [2.24, 2.45) is 0 Å². The summed E-state index contributed by atoms with van der Waals surface area (Å²) in [6.45, 7) is -0.383. The van der Waals surface area contributed by atoms with Crippen LogP contribution in [0, 0.1) is 0 Å². The van der Waals surface area contributed by atoms with Gasteiger partial charge in [0.05, 0.1) is 39.1 Å². The van der Waals surface area contributed by atoms with Crippen molar-refractivity contribution in [1.29, 1.82) is 0 Å². The average Bonchev–Trinajstić information content (AvgIpc) is 1.21. The lowest BCUT2D eigenvalue weighted by Gasteiger charge is -2.45. The van der Waals surface area contributed by atoms with E-state index in [1.54, 1.807) is 0 Å². The predicted octanol–water partition coefficient (Wildman–Crippen LogP) is 23.9. The highest BCUT2D eigenvalue weighted by Gasteiger charge is 2.48. The number of nitrogens with zero attached hydrogens (tertiary/aromatic N) is 4. The second-order valence-electron chi connectivity index (χ2n) is 27.0. The van der Waals surface area contributed by atoms with Gasteiger partial charge in [-0.1, -0.05) is 285 Å². The first-order valence-electron chi connectivity index (χ1n) is 35.2. The number of rotatable bonds is 10. The summed E-state index contributed by atoms with van der Waals surface area (Å²) in [6, 6.07) is 137. The molecule has 102 heavy (non-hydrogen) atoms. The lowest BCUT2D eigenvalue weighted by Crippen LogP contribution is -2.61. The van der Waals surface area contributed by atoms with Crippen LogP contribution in [0.2, 0.25) is 0 Å². The largest absolute Gasteiger partial charge is 0.454 e. The van der Waals surface area contributed by atoms with Crippen molar-refractivity contribution in [3.05, 3.63) is 370 Å². The maximum atomic E-state index is 7.74. The molecule has 474 valence electrons. The molecular formula is C96H61BN4O. The Balaban J connectivity index is 0.985. The van der Waals surface area contributed by atoms with Crippen molar-refractivity contribution >= 4 is 123 Å². The monoisotopic (exact) mass is 1300 g/mol. The van der Waals surface area contributed by atoms with Crippen LogP contribution < -0.4 is 26.2 Å². The number of para-hydroxylation sites is 7. The zero-order valence-electron chi connectivity index (χ0n) is 55.5. The maximum Gasteiger partial charge on any atom is 0.252 e. The van der Waals surface area contributed by atoms with E-state index in [-0.39, 0.29) is 6.71 Å². The van der Waals surface area contributed by atoms with E-state index in [0.717, 1.165) is 173 Å². The lowest BCUT2D eigenvalue weighted by atomic mass is 9.33. The number of furan rings is 1. The van der Waals surface area contributed by atoms with E-state index in [1.165, 1.54) is 21.7 Å². The third-order valence-corrected chi connectivity index (χ3v) is 21.4. The Labute approximate surface area is 590 Å². The van der Waals surface area contributed by atoms with Crippen molar-refractivity contribution in [1.82, 2.24) is 9.13 Å². The molecule has 0 amide bonds. The fourth-order valence-corrected chi connectivity index (χ4v) is 17.1. The number of fused-ring (bicyclic) bond motifs is 14. The third-order valence-electron chi connectivity index (χ3n) is 21.4. The summed E-state index contributed by atoms with van der Waals surface area (Å²) in [5.74, 6) is 0. The Kier molecular flexibility index (Phi) is 13.1. The van der Waals surface area contributed by atoms with Gasteiger partial charge in [0.1, 0.15) is 5.58 Å². The minimum atomic E-state index is -0.383. The molecule has 0 N–H and O–H groups in total. The van der Waals surface area contributed by atoms with Gasteiger partial charge in [0.25, 0.3) is 6.71 Å². The van der Waals surface area contributed by atoms with Crippen molar-refractivity contribution < 1.29 is 4.42 Å². The summed E-state index contributed by atoms with van der Waals surface area (Å²) >= 11 is 0. The molecule has 0 atom stereocenters. The van der Waals surface area contributed by atoms with Crippen LogP contribution in [0.15, 0.2) is 374 Å². The van der Waals surface area contributed by atoms with Gasteiger partial charge in [0.2, 0.25) is 0 Å². The molecule has 6 heteroatoms. The minimum Gasteiger partial charge on any atom is -0.454 e. The van der Waals surface area contributed by atoms with Gasteiger partial charge in [-0.25, -0.2) is 0 Å². The van der Waals surface area contributed by atoms with Crippen molar-refractivity contribution in [3.63, 3.8) is 0 Å². The van der Waals surface area contributed by atoms with Crippen LogP contribution in [0.1, 0.15) is 0 Å². The zero-order valence-corrected chi connectivity index (χ0v) is 55.5. The van der Waals surface area contributed by atoms with Crippen LogP contribution in [-0.4, -0.2) is 15.8 Å². The van der Waals surface area contributed by atoms with Gasteiger partial charge in [0.15, 0.2) is 5.58 Å². The topological polar surface area (TPSA) is 29.5 Å². The fraction of sp³-hybridized carbons (Fsp3) is 0. The quantitative estimate of drug-likeness (QED) is 0.128. The second-order valence-corrected chi connectivity index (χ2v) is 27.0. The molecule has 2 aliphatic rings. The van der Waals surface area contributed by atoms with E-state index in [0.29, 0.717) is 0 Å². The average molecular weight is 1300 g/mol. The number of hydrogen-bond donors (Lipinski definition) is 0. The molecule has 0 radical (unpaired) electrons. The van der Waals surface area contributed by atoms with Crippen molar-refractivity contribution in [3.8, 4) is 78.1 Å². The van der Waals surface area contributed by atoms with Gasteiger partial charge in [0, 0.05) is 83.0 Å². The Bertz CT molecular complexity index is 6400. The van der Waals surface area contributed by atoms with Gasteiger partial charge < -0.3 is 23.4 Å². The van der Waals surface area contributed by atoms with Gasteiger partial charge in [-0.3, -0.25) is 0 Å². The maximum absolute atomic E-state index is 7.74. The Morgan fingerprint density at radius 3 is 1.08 bits per heavy atom. The fourth-order valence-electron chi connectivity index (χ4n) is 17.1. The molecule has 0 aliphatic carbocycles. The molecule has 0 bridgehead atoms. The van der Waals surface area contributed by atoms with Crippen LogP contribution >= 0.6 is 0 Å². The third kappa shape index (κ3) is 8.86. The van der Waals surface area contributed by atoms with Crippen LogP contribution in [0.5, 0.6) is 0 Å². The SMILES string of the molecule is c1ccc(-c2cccc(-c3cccc(-c4cccc(-c5ccccc5)c4)c3N3c4cc5c6ccccc6n(-c6ccccc6)c5cc4B4c5cc6c(cc5N(c5c(-c7ccccc7)cccc5-c5ccccc5)c5c4c3cc3c5oc4ccccc43)c3ccccc3n6-c3ccccc3)c2)cc1. The molecular weight excluding hydrogens is 1240 g/mol. The highest BCUT2D eigenvalue weighted by molar-refractivity contribution is 7.01. The normalized spacial score (nSPS) is 12.5. The summed E-state index contributed by atoms with van der Waals surface area (Å²) < 4.78 is 12.7. The first-order valence-corrected chi connectivity index (χ1v) is 35.2. The summed E-state index contributed by atoms with van der Waals surface area (Å²) in [6.07, 6.45) is 0. The van der Waals surface area contributed by atoms with E-state index in [9.17, 15) is 0 Å². The van der Waals surface area contributed by atoms with E-state index in [1.807, 2.05) is 0 Å². The van der Waals surface area contributed by atoms with E-state index >= 15 is 0 Å². The number of benzene rings is 16. The molecule has 21 rings (SSSR count). The van der Waals surface area contributed by atoms with Gasteiger partial charge in [-0.05, 0) is 146 Å². The standard InChI is InChI=1S/C96H61BN4O/c1-7-29-62(30-8-1)66-37-25-39-68(55-66)74-50-28-51-75(69-40-26-38-67(56-69)63-31-9-2-10-32-63)93(74)100-88-57-79-76-45-19-22-52-84(76)98(70-41-15-5-16-42-70)86(79)60-82(88)97-83-61-87-80(77-46-20-23-53-85(77)99(87)71-43-17-6-18-44-71)58-89(83)101(95-92(97)90(100)59-81-78-47-21-24-54-91(78)102-96(81)95)94-72(64-33-11-3-12-34-64)48-27-49-73(94)65-35-13-4-14-36-65/h1-61H. The smallest absolute Gasteiger partial charge is 0.252 e. The van der Waals surface area contributed by atoms with Crippen LogP contribution in [0.4, 0.5) is 34.1 Å². The van der Waals surface area contributed by atoms with Gasteiger partial charge in [-0.15, -0.1) is 0 Å². The molecule has 16 aromatic carbocycles. The number of hydrogen-bond acceptors (Lipinski definition) is 3. The first-order chi connectivity index (χ1) is 50.6. The molecule has 5 nitrogen and oxygen atoms in total. The molecule has 0 unspecified atom stereocenters. The molecule has 2 aliphatic heterocycles. The highest BCUT2D eigenvalue weighted by atomic mass is 16.3. The highest BCUT2D eigenvalue weighted by Crippen LogP contribution is 2.57. The zero-order chi connectivity index (χ0) is 66.9. The van der Waals surface area contributed by atoms with E-state index < -0.39 is 0 Å². The van der Waals surface area contributed by atoms with E-state index in [4.69, 9.17) is 4.42 Å². The van der Waals surface area contributed by atoms with E-state index in [2.05, 4.69) is 389 Å².